The van der Waals surface area contributed by atoms with Gasteiger partial charge < -0.3 is 20.3 Å². The molecule has 0 aromatic heterocycles. The average molecular weight is 430 g/mol. The highest BCUT2D eigenvalue weighted by Gasteiger charge is 2.17. The molecule has 1 fully saturated rings. The number of carbonyl (C=O) groups excluding carboxylic acids is 2. The molecule has 0 aliphatic carbocycles. The molecule has 1 saturated heterocycles. The SMILES string of the molecule is COc1ccccc1C(=O)Nc1ccccc1C(=O)Nc1cccc(N2CCCCC2)c1. The molecule has 0 atom stereocenters. The summed E-state index contributed by atoms with van der Waals surface area (Å²) in [5.41, 5.74) is 3.07. The molecule has 0 saturated carbocycles. The number of hydrogen-bond acceptors (Lipinski definition) is 4. The van der Waals surface area contributed by atoms with Gasteiger partial charge in [-0.3, -0.25) is 9.59 Å². The number of methoxy groups -OCH3 is 1. The lowest BCUT2D eigenvalue weighted by atomic mass is 10.1. The Hall–Kier alpha value is -3.80. The van der Waals surface area contributed by atoms with Crippen molar-refractivity contribution >= 4 is 28.9 Å². The number of nitrogens with zero attached hydrogens (tertiary/aromatic N) is 1. The Labute approximate surface area is 188 Å². The first-order valence-corrected chi connectivity index (χ1v) is 10.9. The van der Waals surface area contributed by atoms with Crippen LogP contribution >= 0.6 is 0 Å². The zero-order valence-electron chi connectivity index (χ0n) is 18.1. The van der Waals surface area contributed by atoms with Gasteiger partial charge in [0.25, 0.3) is 11.8 Å². The van der Waals surface area contributed by atoms with Gasteiger partial charge in [-0.1, -0.05) is 30.3 Å². The van der Waals surface area contributed by atoms with E-state index in [0.717, 1.165) is 24.5 Å². The maximum atomic E-state index is 13.1. The maximum absolute atomic E-state index is 13.1. The second-order valence-electron chi connectivity index (χ2n) is 7.75. The van der Waals surface area contributed by atoms with Gasteiger partial charge in [-0.2, -0.15) is 0 Å². The number of benzene rings is 3. The van der Waals surface area contributed by atoms with Crippen molar-refractivity contribution in [3.8, 4) is 5.75 Å². The number of hydrogen-bond donors (Lipinski definition) is 2. The minimum absolute atomic E-state index is 0.281. The maximum Gasteiger partial charge on any atom is 0.259 e. The molecule has 1 aliphatic heterocycles. The van der Waals surface area contributed by atoms with E-state index in [1.807, 2.05) is 18.2 Å². The molecule has 0 radical (unpaired) electrons. The predicted octanol–water partition coefficient (Wildman–Crippen LogP) is 5.19. The van der Waals surface area contributed by atoms with Crippen LogP contribution in [-0.4, -0.2) is 32.0 Å². The van der Waals surface area contributed by atoms with Crippen molar-refractivity contribution < 1.29 is 14.3 Å². The Morgan fingerprint density at radius 3 is 2.25 bits per heavy atom. The van der Waals surface area contributed by atoms with Crippen LogP contribution in [0.15, 0.2) is 72.8 Å². The van der Waals surface area contributed by atoms with Crippen molar-refractivity contribution in [1.82, 2.24) is 0 Å². The van der Waals surface area contributed by atoms with Crippen LogP contribution in [0.4, 0.5) is 17.1 Å². The molecule has 2 N–H and O–H groups in total. The monoisotopic (exact) mass is 429 g/mol. The van der Waals surface area contributed by atoms with Crippen LogP contribution in [0.25, 0.3) is 0 Å². The Kier molecular flexibility index (Phi) is 6.70. The van der Waals surface area contributed by atoms with Crippen molar-refractivity contribution in [2.75, 3.05) is 35.7 Å². The van der Waals surface area contributed by atoms with E-state index in [9.17, 15) is 9.59 Å². The minimum atomic E-state index is -0.338. The standard InChI is InChI=1S/C26H27N3O3/c1-32-24-15-6-4-13-22(24)26(31)28-23-14-5-3-12-21(23)25(30)27-19-10-9-11-20(18-19)29-16-7-2-8-17-29/h3-6,9-15,18H,2,7-8,16-17H2,1H3,(H,27,30)(H,28,31). The molecular weight excluding hydrogens is 402 g/mol. The molecule has 0 unspecified atom stereocenters. The molecule has 1 heterocycles. The van der Waals surface area contributed by atoms with Gasteiger partial charge in [0.2, 0.25) is 0 Å². The number of rotatable bonds is 6. The molecule has 32 heavy (non-hydrogen) atoms. The van der Waals surface area contributed by atoms with E-state index in [-0.39, 0.29) is 11.8 Å². The van der Waals surface area contributed by atoms with E-state index in [1.54, 1.807) is 48.5 Å². The number of nitrogens with one attached hydrogen (secondary N) is 2. The first kappa shape index (κ1) is 21.4. The van der Waals surface area contributed by atoms with Crippen molar-refractivity contribution in [1.29, 1.82) is 0 Å². The summed E-state index contributed by atoms with van der Waals surface area (Å²) < 4.78 is 5.28. The third-order valence-electron chi connectivity index (χ3n) is 5.60. The highest BCUT2D eigenvalue weighted by molar-refractivity contribution is 6.13. The average Bonchev–Trinajstić information content (AvgIpc) is 2.85. The summed E-state index contributed by atoms with van der Waals surface area (Å²) in [6.45, 7) is 2.07. The van der Waals surface area contributed by atoms with E-state index >= 15 is 0 Å². The zero-order chi connectivity index (χ0) is 22.3. The van der Waals surface area contributed by atoms with Gasteiger partial charge in [-0.15, -0.1) is 0 Å². The highest BCUT2D eigenvalue weighted by atomic mass is 16.5. The van der Waals surface area contributed by atoms with Crippen LogP contribution < -0.4 is 20.3 Å². The number of para-hydroxylation sites is 2. The zero-order valence-corrected chi connectivity index (χ0v) is 18.1. The molecule has 1 aliphatic rings. The summed E-state index contributed by atoms with van der Waals surface area (Å²) in [5.74, 6) is -0.145. The van der Waals surface area contributed by atoms with Gasteiger partial charge in [0, 0.05) is 24.5 Å². The van der Waals surface area contributed by atoms with Crippen LogP contribution in [0.2, 0.25) is 0 Å². The normalized spacial score (nSPS) is 13.3. The second-order valence-corrected chi connectivity index (χ2v) is 7.75. The third-order valence-corrected chi connectivity index (χ3v) is 5.60. The molecule has 0 bridgehead atoms. The second kappa shape index (κ2) is 10.0. The van der Waals surface area contributed by atoms with Crippen molar-refractivity contribution in [3.63, 3.8) is 0 Å². The summed E-state index contributed by atoms with van der Waals surface area (Å²) >= 11 is 0. The van der Waals surface area contributed by atoms with Crippen molar-refractivity contribution in [2.45, 2.75) is 19.3 Å². The predicted molar refractivity (Wildman–Crippen MR) is 128 cm³/mol. The fraction of sp³-hybridized carbons (Fsp3) is 0.231. The van der Waals surface area contributed by atoms with Crippen LogP contribution in [0.1, 0.15) is 40.0 Å². The number of piperidine rings is 1. The van der Waals surface area contributed by atoms with E-state index < -0.39 is 0 Å². The van der Waals surface area contributed by atoms with Crippen LogP contribution in [0, 0.1) is 0 Å². The summed E-state index contributed by atoms with van der Waals surface area (Å²) in [7, 11) is 1.52. The quantitative estimate of drug-likeness (QED) is 0.566. The van der Waals surface area contributed by atoms with Crippen LogP contribution in [-0.2, 0) is 0 Å². The van der Waals surface area contributed by atoms with E-state index in [1.165, 1.54) is 26.4 Å². The number of ether oxygens (including phenoxy) is 1. The molecule has 2 amide bonds. The Morgan fingerprint density at radius 1 is 0.781 bits per heavy atom. The molecule has 0 spiro atoms. The lowest BCUT2D eigenvalue weighted by Crippen LogP contribution is -2.29. The summed E-state index contributed by atoms with van der Waals surface area (Å²) in [6.07, 6.45) is 3.65. The molecular formula is C26H27N3O3. The number of carbonyl (C=O) groups is 2. The van der Waals surface area contributed by atoms with Crippen LogP contribution in [0.5, 0.6) is 5.75 Å². The smallest absolute Gasteiger partial charge is 0.259 e. The molecule has 3 aromatic carbocycles. The Bertz CT molecular complexity index is 1110. The Balaban J connectivity index is 1.51. The van der Waals surface area contributed by atoms with Crippen molar-refractivity contribution in [3.05, 3.63) is 83.9 Å². The largest absolute Gasteiger partial charge is 0.496 e. The van der Waals surface area contributed by atoms with Gasteiger partial charge in [0.1, 0.15) is 5.75 Å². The van der Waals surface area contributed by atoms with E-state index in [4.69, 9.17) is 4.74 Å². The third kappa shape index (κ3) is 4.91. The first-order chi connectivity index (χ1) is 15.7. The van der Waals surface area contributed by atoms with Crippen LogP contribution in [0.3, 0.4) is 0 Å². The van der Waals surface area contributed by atoms with Gasteiger partial charge in [-0.05, 0) is 61.7 Å². The van der Waals surface area contributed by atoms with Crippen molar-refractivity contribution in [2.24, 2.45) is 0 Å². The molecule has 3 aromatic rings. The molecule has 164 valence electrons. The molecule has 6 heteroatoms. The van der Waals surface area contributed by atoms with E-state index in [0.29, 0.717) is 22.6 Å². The number of anilines is 3. The first-order valence-electron chi connectivity index (χ1n) is 10.9. The number of amides is 2. The summed E-state index contributed by atoms with van der Waals surface area (Å²) in [4.78, 5) is 28.2. The lowest BCUT2D eigenvalue weighted by molar-refractivity contribution is 0.102. The fourth-order valence-corrected chi connectivity index (χ4v) is 3.94. The summed E-state index contributed by atoms with van der Waals surface area (Å²) in [5, 5.41) is 5.82. The van der Waals surface area contributed by atoms with Gasteiger partial charge in [0.15, 0.2) is 0 Å². The molecule has 4 rings (SSSR count). The van der Waals surface area contributed by atoms with Gasteiger partial charge in [0.05, 0.1) is 23.9 Å². The van der Waals surface area contributed by atoms with Gasteiger partial charge in [-0.25, -0.2) is 0 Å². The lowest BCUT2D eigenvalue weighted by Gasteiger charge is -2.29. The highest BCUT2D eigenvalue weighted by Crippen LogP contribution is 2.25. The summed E-state index contributed by atoms with van der Waals surface area (Å²) in [6, 6.07) is 21.8. The Morgan fingerprint density at radius 2 is 1.47 bits per heavy atom. The molecule has 6 nitrogen and oxygen atoms in total. The van der Waals surface area contributed by atoms with Gasteiger partial charge >= 0.3 is 0 Å². The van der Waals surface area contributed by atoms with E-state index in [2.05, 4.69) is 21.6 Å². The topological polar surface area (TPSA) is 70.7 Å². The minimum Gasteiger partial charge on any atom is -0.496 e. The fourth-order valence-electron chi connectivity index (χ4n) is 3.94.